The van der Waals surface area contributed by atoms with Crippen LogP contribution in [0.5, 0.6) is 0 Å². The average molecular weight is 280 g/mol. The number of benzene rings is 2. The zero-order valence-corrected chi connectivity index (χ0v) is 11.1. The second kappa shape index (κ2) is 5.05. The Morgan fingerprint density at radius 1 is 0.905 bits per heavy atom. The highest BCUT2D eigenvalue weighted by atomic mass is 16.4. The molecule has 0 N–H and O–H groups in total. The van der Waals surface area contributed by atoms with Crippen molar-refractivity contribution in [1.82, 2.24) is 0 Å². The van der Waals surface area contributed by atoms with E-state index in [0.29, 0.717) is 5.56 Å². The highest BCUT2D eigenvalue weighted by Gasteiger charge is 2.40. The second-order valence-corrected chi connectivity index (χ2v) is 5.24. The van der Waals surface area contributed by atoms with Gasteiger partial charge in [-0.25, -0.2) is 0 Å². The number of hydrogen-bond donors (Lipinski definition) is 0. The lowest BCUT2D eigenvalue weighted by atomic mass is 9.97. The van der Waals surface area contributed by atoms with E-state index in [-0.39, 0.29) is 23.0 Å². The predicted molar refractivity (Wildman–Crippen MR) is 71.6 cm³/mol. The maximum Gasteiger partial charge on any atom is 0.0718 e. The van der Waals surface area contributed by atoms with Gasteiger partial charge in [0.25, 0.3) is 0 Å². The molecule has 1 saturated carbocycles. The minimum absolute atomic E-state index is 0.0554. The number of hydrogen-bond acceptors (Lipinski definition) is 4. The van der Waals surface area contributed by atoms with Crippen LogP contribution in [0.1, 0.15) is 50.1 Å². The number of carbonyl (C=O) groups is 2. The second-order valence-electron chi connectivity index (χ2n) is 5.24. The molecule has 1 aliphatic carbocycles. The fraction of sp³-hybridized carbons (Fsp3) is 0.176. The first-order valence-electron chi connectivity index (χ1n) is 6.69. The first kappa shape index (κ1) is 13.4. The fourth-order valence-corrected chi connectivity index (χ4v) is 2.79. The summed E-state index contributed by atoms with van der Waals surface area (Å²) >= 11 is 0. The molecule has 2 aromatic carbocycles. The van der Waals surface area contributed by atoms with Crippen LogP contribution in [0.4, 0.5) is 0 Å². The third-order valence-electron chi connectivity index (χ3n) is 3.93. The van der Waals surface area contributed by atoms with Crippen LogP contribution in [0.15, 0.2) is 48.5 Å². The van der Waals surface area contributed by atoms with Gasteiger partial charge in [0.2, 0.25) is 0 Å². The number of carboxylic acid groups (broad SMARTS) is 2. The Morgan fingerprint density at radius 2 is 1.62 bits per heavy atom. The van der Waals surface area contributed by atoms with E-state index in [1.807, 2.05) is 30.3 Å². The maximum absolute atomic E-state index is 11.2. The van der Waals surface area contributed by atoms with Crippen LogP contribution in [0, 0.1) is 0 Å². The highest BCUT2D eigenvalue weighted by Crippen LogP contribution is 2.55. The molecule has 0 heterocycles. The van der Waals surface area contributed by atoms with Gasteiger partial charge in [-0.1, -0.05) is 42.5 Å². The Labute approximate surface area is 121 Å². The smallest absolute Gasteiger partial charge is 0.0718 e. The van der Waals surface area contributed by atoms with Gasteiger partial charge in [-0.2, -0.15) is 0 Å². The van der Waals surface area contributed by atoms with Crippen LogP contribution < -0.4 is 10.2 Å². The van der Waals surface area contributed by atoms with Crippen molar-refractivity contribution in [3.8, 4) is 0 Å². The number of carbonyl (C=O) groups excluding carboxylic acids is 2. The quantitative estimate of drug-likeness (QED) is 0.825. The van der Waals surface area contributed by atoms with Crippen molar-refractivity contribution in [3.63, 3.8) is 0 Å². The van der Waals surface area contributed by atoms with Crippen LogP contribution >= 0.6 is 0 Å². The molecule has 21 heavy (non-hydrogen) atoms. The molecule has 1 aliphatic rings. The van der Waals surface area contributed by atoms with Gasteiger partial charge >= 0.3 is 0 Å². The normalized spacial score (nSPS) is 20.0. The van der Waals surface area contributed by atoms with Crippen molar-refractivity contribution >= 4 is 11.9 Å². The van der Waals surface area contributed by atoms with Gasteiger partial charge in [0.05, 0.1) is 11.9 Å². The summed E-state index contributed by atoms with van der Waals surface area (Å²) in [6.07, 6.45) is 0.856. The van der Waals surface area contributed by atoms with Crippen LogP contribution in [0.3, 0.4) is 0 Å². The Kier molecular flexibility index (Phi) is 3.22. The molecule has 106 valence electrons. The maximum atomic E-state index is 11.2. The van der Waals surface area contributed by atoms with Gasteiger partial charge in [0.1, 0.15) is 0 Å². The van der Waals surface area contributed by atoms with Crippen molar-refractivity contribution < 1.29 is 19.8 Å². The van der Waals surface area contributed by atoms with E-state index in [4.69, 9.17) is 0 Å². The van der Waals surface area contributed by atoms with Crippen LogP contribution in [-0.4, -0.2) is 11.9 Å². The standard InChI is InChI=1S/C17H14O4/c18-16(19)11-6-7-12(15(8-11)17(20)21)14-9-13(14)10-4-2-1-3-5-10/h1-8,13-14H,9H2,(H,18,19)(H,20,21)/p-2/t13-,14+/m1/s1. The zero-order valence-electron chi connectivity index (χ0n) is 11.1. The molecule has 0 bridgehead atoms. The topological polar surface area (TPSA) is 80.3 Å². The molecule has 4 heteroatoms. The summed E-state index contributed by atoms with van der Waals surface area (Å²) in [6.45, 7) is 0. The summed E-state index contributed by atoms with van der Waals surface area (Å²) in [4.78, 5) is 22.1. The molecule has 2 atom stereocenters. The average Bonchev–Trinajstić information content (AvgIpc) is 3.27. The molecular weight excluding hydrogens is 268 g/mol. The molecule has 0 spiro atoms. The minimum atomic E-state index is -1.39. The number of rotatable bonds is 4. The lowest BCUT2D eigenvalue weighted by Gasteiger charge is -2.13. The predicted octanol–water partition coefficient (Wildman–Crippen LogP) is 0.685. The van der Waals surface area contributed by atoms with Gasteiger partial charge in [-0.15, -0.1) is 0 Å². The minimum Gasteiger partial charge on any atom is -0.545 e. The Hall–Kier alpha value is -2.62. The van der Waals surface area contributed by atoms with Gasteiger partial charge < -0.3 is 19.8 Å². The van der Waals surface area contributed by atoms with E-state index >= 15 is 0 Å². The molecular formula is C17H12O4-2. The molecule has 0 saturated heterocycles. The van der Waals surface area contributed by atoms with Gasteiger partial charge in [0.15, 0.2) is 0 Å². The molecule has 0 aliphatic heterocycles. The Bertz CT molecular complexity index is 706. The lowest BCUT2D eigenvalue weighted by molar-refractivity contribution is -0.255. The molecule has 0 radical (unpaired) electrons. The number of carboxylic acids is 2. The summed E-state index contributed by atoms with van der Waals surface area (Å²) < 4.78 is 0. The van der Waals surface area contributed by atoms with Gasteiger partial charge in [-0.05, 0) is 41.0 Å². The van der Waals surface area contributed by atoms with E-state index in [0.717, 1.165) is 18.1 Å². The summed E-state index contributed by atoms with van der Waals surface area (Å²) in [7, 11) is 0. The van der Waals surface area contributed by atoms with Crippen molar-refractivity contribution in [1.29, 1.82) is 0 Å². The third-order valence-corrected chi connectivity index (χ3v) is 3.93. The summed E-state index contributed by atoms with van der Waals surface area (Å²) in [5.74, 6) is -2.37. The Morgan fingerprint density at radius 3 is 2.24 bits per heavy atom. The largest absolute Gasteiger partial charge is 0.545 e. The fourth-order valence-electron chi connectivity index (χ4n) is 2.79. The van der Waals surface area contributed by atoms with E-state index in [9.17, 15) is 19.8 Å². The molecule has 4 nitrogen and oxygen atoms in total. The summed E-state index contributed by atoms with van der Waals surface area (Å²) in [5, 5.41) is 22.1. The van der Waals surface area contributed by atoms with Crippen molar-refractivity contribution in [3.05, 3.63) is 70.8 Å². The van der Waals surface area contributed by atoms with Crippen LogP contribution in [0.25, 0.3) is 0 Å². The first-order valence-corrected chi connectivity index (χ1v) is 6.69. The van der Waals surface area contributed by atoms with Gasteiger partial charge in [0, 0.05) is 5.56 Å². The van der Waals surface area contributed by atoms with Gasteiger partial charge in [-0.3, -0.25) is 0 Å². The summed E-state index contributed by atoms with van der Waals surface area (Å²) in [6, 6.07) is 13.9. The lowest BCUT2D eigenvalue weighted by Crippen LogP contribution is -2.26. The molecule has 0 amide bonds. The highest BCUT2D eigenvalue weighted by molar-refractivity contribution is 5.93. The molecule has 0 unspecified atom stereocenters. The van der Waals surface area contributed by atoms with E-state index in [2.05, 4.69) is 0 Å². The van der Waals surface area contributed by atoms with E-state index < -0.39 is 11.9 Å². The number of aromatic carboxylic acids is 2. The molecule has 1 fully saturated rings. The van der Waals surface area contributed by atoms with E-state index in [1.54, 1.807) is 6.07 Å². The SMILES string of the molecule is O=C([O-])c1ccc([C@@H]2C[C@@H]2c2ccccc2)c(C(=O)[O-])c1. The van der Waals surface area contributed by atoms with Crippen LogP contribution in [-0.2, 0) is 0 Å². The first-order chi connectivity index (χ1) is 10.1. The summed E-state index contributed by atoms with van der Waals surface area (Å²) in [5.41, 5.74) is 1.60. The van der Waals surface area contributed by atoms with Crippen molar-refractivity contribution in [2.24, 2.45) is 0 Å². The molecule has 3 rings (SSSR count). The Balaban J connectivity index is 1.93. The monoisotopic (exact) mass is 280 g/mol. The van der Waals surface area contributed by atoms with E-state index in [1.165, 1.54) is 6.07 Å². The van der Waals surface area contributed by atoms with Crippen molar-refractivity contribution in [2.45, 2.75) is 18.3 Å². The third kappa shape index (κ3) is 2.52. The zero-order chi connectivity index (χ0) is 15.0. The van der Waals surface area contributed by atoms with Crippen molar-refractivity contribution in [2.75, 3.05) is 0 Å². The molecule has 2 aromatic rings. The molecule has 0 aromatic heterocycles. The van der Waals surface area contributed by atoms with Crippen LogP contribution in [0.2, 0.25) is 0 Å².